The summed E-state index contributed by atoms with van der Waals surface area (Å²) in [5.74, 6) is 1.00. The first-order chi connectivity index (χ1) is 12.5. The van der Waals surface area contributed by atoms with Crippen LogP contribution in [0.5, 0.6) is 0 Å². The molecule has 1 saturated carbocycles. The topological polar surface area (TPSA) is 117 Å². The molecular weight excluding hydrogens is 328 g/mol. The van der Waals surface area contributed by atoms with E-state index in [1.54, 1.807) is 18.3 Å². The van der Waals surface area contributed by atoms with Gasteiger partial charge in [-0.3, -0.25) is 4.79 Å². The molecule has 136 valence electrons. The number of hydrogen-bond donors (Lipinski definition) is 3. The Bertz CT molecular complexity index is 857. The number of nitrogens with zero attached hydrogens (tertiary/aromatic N) is 3. The molecule has 1 amide bonds. The van der Waals surface area contributed by atoms with Crippen molar-refractivity contribution in [1.82, 2.24) is 9.97 Å². The predicted molar refractivity (Wildman–Crippen MR) is 102 cm³/mol. The molecule has 26 heavy (non-hydrogen) atoms. The van der Waals surface area contributed by atoms with Gasteiger partial charge in [-0.05, 0) is 45.2 Å². The molecule has 7 heteroatoms. The average Bonchev–Trinajstić information content (AvgIpc) is 2.61. The maximum absolute atomic E-state index is 12.5. The highest BCUT2D eigenvalue weighted by Crippen LogP contribution is 2.27. The molecular formula is C19H24N6O. The van der Waals surface area contributed by atoms with Gasteiger partial charge < -0.3 is 16.4 Å². The van der Waals surface area contributed by atoms with Crippen molar-refractivity contribution in [3.8, 4) is 6.07 Å². The van der Waals surface area contributed by atoms with Crippen LogP contribution in [0.15, 0.2) is 18.3 Å². The number of carbonyl (C=O) groups is 1. The fourth-order valence-corrected chi connectivity index (χ4v) is 3.35. The van der Waals surface area contributed by atoms with Crippen LogP contribution in [0, 0.1) is 17.2 Å². The van der Waals surface area contributed by atoms with Gasteiger partial charge in [0.1, 0.15) is 23.4 Å². The molecule has 0 aliphatic heterocycles. The molecule has 2 aromatic rings. The lowest BCUT2D eigenvalue weighted by Gasteiger charge is -2.25. The standard InChI is InChI=1S/C19H24N6O/c1-11(2)23-18-16-8-17(22-10-13(16)7-15(9-20)24-18)25-19(26)12-4-3-5-14(21)6-12/h7-8,10-12,14H,3-6,21H2,1-2H3,(H,23,24)(H,22,25,26)/t12-,14+/m0/s1. The van der Waals surface area contributed by atoms with Gasteiger partial charge in [0.25, 0.3) is 0 Å². The van der Waals surface area contributed by atoms with Crippen molar-refractivity contribution < 1.29 is 4.79 Å². The minimum Gasteiger partial charge on any atom is -0.367 e. The number of anilines is 2. The number of hydrogen-bond acceptors (Lipinski definition) is 6. The second-order valence-electron chi connectivity index (χ2n) is 7.17. The first kappa shape index (κ1) is 18.1. The van der Waals surface area contributed by atoms with Crippen LogP contribution in [-0.4, -0.2) is 28.0 Å². The Kier molecular flexibility index (Phi) is 5.33. The molecule has 0 aromatic carbocycles. The van der Waals surface area contributed by atoms with Gasteiger partial charge in [-0.25, -0.2) is 9.97 Å². The second kappa shape index (κ2) is 7.67. The van der Waals surface area contributed by atoms with Gasteiger partial charge in [0.05, 0.1) is 0 Å². The van der Waals surface area contributed by atoms with E-state index in [2.05, 4.69) is 26.7 Å². The molecule has 4 N–H and O–H groups in total. The third-order valence-electron chi connectivity index (χ3n) is 4.59. The van der Waals surface area contributed by atoms with Crippen LogP contribution in [0.4, 0.5) is 11.6 Å². The molecule has 7 nitrogen and oxygen atoms in total. The Labute approximate surface area is 153 Å². The molecule has 0 saturated heterocycles. The number of nitrogens with one attached hydrogen (secondary N) is 2. The molecule has 0 unspecified atom stereocenters. The molecule has 1 aliphatic carbocycles. The van der Waals surface area contributed by atoms with Gasteiger partial charge in [0.2, 0.25) is 5.91 Å². The number of amides is 1. The summed E-state index contributed by atoms with van der Waals surface area (Å²) >= 11 is 0. The van der Waals surface area contributed by atoms with Crippen molar-refractivity contribution >= 4 is 28.3 Å². The summed E-state index contributed by atoms with van der Waals surface area (Å²) in [4.78, 5) is 21.2. The number of fused-ring (bicyclic) bond motifs is 1. The van der Waals surface area contributed by atoms with E-state index in [9.17, 15) is 4.79 Å². The molecule has 0 bridgehead atoms. The van der Waals surface area contributed by atoms with Crippen molar-refractivity contribution in [2.45, 2.75) is 51.6 Å². The van der Waals surface area contributed by atoms with Crippen LogP contribution in [0.3, 0.4) is 0 Å². The quantitative estimate of drug-likeness (QED) is 0.779. The van der Waals surface area contributed by atoms with E-state index in [4.69, 9.17) is 11.0 Å². The van der Waals surface area contributed by atoms with E-state index in [1.807, 2.05) is 13.8 Å². The molecule has 2 heterocycles. The number of aromatic nitrogens is 2. The van der Waals surface area contributed by atoms with E-state index >= 15 is 0 Å². The zero-order chi connectivity index (χ0) is 18.7. The minimum absolute atomic E-state index is 0.0352. The molecule has 0 radical (unpaired) electrons. The first-order valence-corrected chi connectivity index (χ1v) is 9.00. The summed E-state index contributed by atoms with van der Waals surface area (Å²) in [6.45, 7) is 4.01. The van der Waals surface area contributed by atoms with Crippen molar-refractivity contribution in [2.75, 3.05) is 10.6 Å². The van der Waals surface area contributed by atoms with Crippen LogP contribution in [0.1, 0.15) is 45.2 Å². The summed E-state index contributed by atoms with van der Waals surface area (Å²) in [7, 11) is 0. The Morgan fingerprint density at radius 3 is 2.88 bits per heavy atom. The van der Waals surface area contributed by atoms with E-state index in [0.29, 0.717) is 23.8 Å². The molecule has 1 aliphatic rings. The normalized spacial score (nSPS) is 20.0. The number of carbonyl (C=O) groups excluding carboxylic acids is 1. The highest BCUT2D eigenvalue weighted by molar-refractivity contribution is 5.97. The first-order valence-electron chi connectivity index (χ1n) is 9.00. The largest absolute Gasteiger partial charge is 0.367 e. The molecule has 2 aromatic heterocycles. The lowest BCUT2D eigenvalue weighted by atomic mass is 9.85. The van der Waals surface area contributed by atoms with Gasteiger partial charge >= 0.3 is 0 Å². The van der Waals surface area contributed by atoms with Crippen molar-refractivity contribution in [3.63, 3.8) is 0 Å². The van der Waals surface area contributed by atoms with Gasteiger partial charge in [-0.2, -0.15) is 5.26 Å². The Morgan fingerprint density at radius 2 is 2.19 bits per heavy atom. The third-order valence-corrected chi connectivity index (χ3v) is 4.59. The summed E-state index contributed by atoms with van der Waals surface area (Å²) in [6.07, 6.45) is 5.20. The SMILES string of the molecule is CC(C)Nc1nc(C#N)cc2cnc(NC(=O)[C@H]3CCC[C@@H](N)C3)cc12. The maximum atomic E-state index is 12.5. The lowest BCUT2D eigenvalue weighted by molar-refractivity contribution is -0.120. The summed E-state index contributed by atoms with van der Waals surface area (Å²) in [5.41, 5.74) is 6.31. The Hall–Kier alpha value is -2.72. The highest BCUT2D eigenvalue weighted by atomic mass is 16.1. The maximum Gasteiger partial charge on any atom is 0.228 e. The van der Waals surface area contributed by atoms with Crippen LogP contribution in [0.2, 0.25) is 0 Å². The summed E-state index contributed by atoms with van der Waals surface area (Å²) in [6, 6.07) is 5.82. The number of nitrogens with two attached hydrogens (primary N) is 1. The Balaban J connectivity index is 1.88. The van der Waals surface area contributed by atoms with Crippen LogP contribution >= 0.6 is 0 Å². The zero-order valence-corrected chi connectivity index (χ0v) is 15.1. The monoisotopic (exact) mass is 352 g/mol. The summed E-state index contributed by atoms with van der Waals surface area (Å²) in [5, 5.41) is 17.0. The van der Waals surface area contributed by atoms with E-state index in [0.717, 1.165) is 30.0 Å². The summed E-state index contributed by atoms with van der Waals surface area (Å²) < 4.78 is 0. The van der Waals surface area contributed by atoms with E-state index in [1.165, 1.54) is 0 Å². The van der Waals surface area contributed by atoms with Crippen molar-refractivity contribution in [3.05, 3.63) is 24.0 Å². The van der Waals surface area contributed by atoms with Gasteiger partial charge in [-0.15, -0.1) is 0 Å². The molecule has 3 rings (SSSR count). The van der Waals surface area contributed by atoms with Crippen LogP contribution < -0.4 is 16.4 Å². The fraction of sp³-hybridized carbons (Fsp3) is 0.474. The average molecular weight is 352 g/mol. The fourth-order valence-electron chi connectivity index (χ4n) is 3.35. The van der Waals surface area contributed by atoms with E-state index in [-0.39, 0.29) is 23.9 Å². The van der Waals surface area contributed by atoms with Gasteiger partial charge in [-0.1, -0.05) is 6.42 Å². The lowest BCUT2D eigenvalue weighted by Crippen LogP contribution is -2.34. The smallest absolute Gasteiger partial charge is 0.228 e. The second-order valence-corrected chi connectivity index (χ2v) is 7.17. The van der Waals surface area contributed by atoms with Crippen molar-refractivity contribution in [1.29, 1.82) is 5.26 Å². The van der Waals surface area contributed by atoms with Gasteiger partial charge in [0.15, 0.2) is 0 Å². The number of pyridine rings is 2. The predicted octanol–water partition coefficient (Wildman–Crippen LogP) is 2.78. The number of nitriles is 1. The Morgan fingerprint density at radius 1 is 1.38 bits per heavy atom. The molecule has 0 spiro atoms. The van der Waals surface area contributed by atoms with Crippen LogP contribution in [0.25, 0.3) is 10.8 Å². The molecule has 1 fully saturated rings. The van der Waals surface area contributed by atoms with Gasteiger partial charge in [0, 0.05) is 35.0 Å². The van der Waals surface area contributed by atoms with Crippen LogP contribution in [-0.2, 0) is 4.79 Å². The minimum atomic E-state index is -0.0661. The third kappa shape index (κ3) is 4.09. The zero-order valence-electron chi connectivity index (χ0n) is 15.1. The highest BCUT2D eigenvalue weighted by Gasteiger charge is 2.25. The molecule has 2 atom stereocenters. The number of rotatable bonds is 4. The van der Waals surface area contributed by atoms with Crippen molar-refractivity contribution in [2.24, 2.45) is 11.7 Å². The van der Waals surface area contributed by atoms with E-state index < -0.39 is 0 Å².